The molecule has 0 saturated carbocycles. The second-order valence-corrected chi connectivity index (χ2v) is 8.80. The number of piperazine rings is 1. The Morgan fingerprint density at radius 3 is 2.72 bits per heavy atom. The van der Waals surface area contributed by atoms with Crippen LogP contribution in [0.2, 0.25) is 0 Å². The highest BCUT2D eigenvalue weighted by molar-refractivity contribution is 5.76. The number of hydrogen-bond donors (Lipinski definition) is 0. The molecule has 4 rings (SSSR count). The van der Waals surface area contributed by atoms with Gasteiger partial charge < -0.3 is 14.5 Å². The molecule has 1 amide bonds. The monoisotopic (exact) mass is 440 g/mol. The third-order valence-corrected chi connectivity index (χ3v) is 6.63. The van der Waals surface area contributed by atoms with Crippen molar-refractivity contribution in [3.63, 3.8) is 0 Å². The van der Waals surface area contributed by atoms with Crippen LogP contribution in [0.5, 0.6) is 5.75 Å². The van der Waals surface area contributed by atoms with E-state index in [1.165, 1.54) is 6.07 Å². The Balaban J connectivity index is 1.21. The van der Waals surface area contributed by atoms with Gasteiger partial charge in [-0.25, -0.2) is 9.37 Å². The van der Waals surface area contributed by atoms with E-state index in [2.05, 4.69) is 14.8 Å². The van der Waals surface area contributed by atoms with E-state index < -0.39 is 0 Å². The Labute approximate surface area is 190 Å². The lowest BCUT2D eigenvalue weighted by Gasteiger charge is -2.36. The van der Waals surface area contributed by atoms with Crippen LogP contribution in [-0.2, 0) is 11.3 Å². The standard InChI is InChI=1S/C25H33FN4O2/c1-32-22-9-8-21(23(26)17-22)19-28-12-4-5-20(18-28)7-10-25(31)30-15-13-29(14-16-30)24-6-2-3-11-27-24/h2-3,6,8-9,11,17,20H,4-5,7,10,12-16,18-19H2,1H3/t20-/m0/s1. The van der Waals surface area contributed by atoms with Crippen LogP contribution in [0.25, 0.3) is 0 Å². The van der Waals surface area contributed by atoms with E-state index in [0.717, 1.165) is 64.3 Å². The molecule has 32 heavy (non-hydrogen) atoms. The van der Waals surface area contributed by atoms with Gasteiger partial charge in [0, 0.05) is 63.5 Å². The van der Waals surface area contributed by atoms with Crippen LogP contribution < -0.4 is 9.64 Å². The Morgan fingerprint density at radius 1 is 1.16 bits per heavy atom. The molecule has 2 aliphatic rings. The molecule has 3 heterocycles. The van der Waals surface area contributed by atoms with E-state index >= 15 is 0 Å². The van der Waals surface area contributed by atoms with Crippen molar-refractivity contribution < 1.29 is 13.9 Å². The van der Waals surface area contributed by atoms with Crippen molar-refractivity contribution in [1.82, 2.24) is 14.8 Å². The second-order valence-electron chi connectivity index (χ2n) is 8.80. The average Bonchev–Trinajstić information content (AvgIpc) is 2.84. The highest BCUT2D eigenvalue weighted by atomic mass is 19.1. The lowest BCUT2D eigenvalue weighted by molar-refractivity contribution is -0.131. The quantitative estimate of drug-likeness (QED) is 0.659. The summed E-state index contributed by atoms with van der Waals surface area (Å²) in [6.07, 6.45) is 5.55. The topological polar surface area (TPSA) is 48.9 Å². The summed E-state index contributed by atoms with van der Waals surface area (Å²) in [5, 5.41) is 0. The molecule has 172 valence electrons. The number of aromatic nitrogens is 1. The molecule has 0 spiro atoms. The highest BCUT2D eigenvalue weighted by Crippen LogP contribution is 2.25. The third-order valence-electron chi connectivity index (χ3n) is 6.63. The number of methoxy groups -OCH3 is 1. The largest absolute Gasteiger partial charge is 0.497 e. The van der Waals surface area contributed by atoms with Gasteiger partial charge in [-0.1, -0.05) is 12.1 Å². The first-order valence-corrected chi connectivity index (χ1v) is 11.6. The number of rotatable bonds is 7. The van der Waals surface area contributed by atoms with E-state index in [0.29, 0.717) is 30.2 Å². The first-order chi connectivity index (χ1) is 15.6. The second kappa shape index (κ2) is 10.8. The predicted molar refractivity (Wildman–Crippen MR) is 123 cm³/mol. The molecule has 2 fully saturated rings. The molecule has 2 aliphatic heterocycles. The van der Waals surface area contributed by atoms with Gasteiger partial charge in [-0.05, 0) is 49.9 Å². The van der Waals surface area contributed by atoms with E-state index in [-0.39, 0.29) is 11.7 Å². The Hall–Kier alpha value is -2.67. The molecule has 6 nitrogen and oxygen atoms in total. The van der Waals surface area contributed by atoms with Crippen LogP contribution in [-0.4, -0.2) is 67.1 Å². The molecule has 1 aromatic carbocycles. The van der Waals surface area contributed by atoms with E-state index in [4.69, 9.17) is 4.74 Å². The summed E-state index contributed by atoms with van der Waals surface area (Å²) in [6.45, 7) is 5.67. The van der Waals surface area contributed by atoms with E-state index in [1.807, 2.05) is 41.4 Å². The van der Waals surface area contributed by atoms with Gasteiger partial charge >= 0.3 is 0 Å². The first-order valence-electron chi connectivity index (χ1n) is 11.6. The van der Waals surface area contributed by atoms with Crippen LogP contribution in [0, 0.1) is 11.7 Å². The zero-order chi connectivity index (χ0) is 22.3. The minimum atomic E-state index is -0.216. The minimum Gasteiger partial charge on any atom is -0.497 e. The van der Waals surface area contributed by atoms with Crippen molar-refractivity contribution in [3.8, 4) is 5.75 Å². The summed E-state index contributed by atoms with van der Waals surface area (Å²) >= 11 is 0. The fourth-order valence-corrected chi connectivity index (χ4v) is 4.77. The van der Waals surface area contributed by atoms with Crippen molar-refractivity contribution in [2.45, 2.75) is 32.2 Å². The molecular weight excluding hydrogens is 407 g/mol. The van der Waals surface area contributed by atoms with Gasteiger partial charge in [-0.15, -0.1) is 0 Å². The molecular formula is C25H33FN4O2. The van der Waals surface area contributed by atoms with E-state index in [1.54, 1.807) is 7.11 Å². The zero-order valence-electron chi connectivity index (χ0n) is 18.9. The number of halogens is 1. The first kappa shape index (κ1) is 22.5. The van der Waals surface area contributed by atoms with E-state index in [9.17, 15) is 9.18 Å². The summed E-state index contributed by atoms with van der Waals surface area (Å²) in [5.41, 5.74) is 0.702. The van der Waals surface area contributed by atoms with Crippen LogP contribution in [0.4, 0.5) is 10.2 Å². The number of carbonyl (C=O) groups excluding carboxylic acids is 1. The summed E-state index contributed by atoms with van der Waals surface area (Å²) < 4.78 is 19.4. The van der Waals surface area contributed by atoms with Crippen molar-refractivity contribution in [1.29, 1.82) is 0 Å². The number of piperidine rings is 1. The Bertz CT molecular complexity index is 887. The molecule has 0 N–H and O–H groups in total. The van der Waals surface area contributed by atoms with Gasteiger partial charge in [-0.3, -0.25) is 9.69 Å². The maximum atomic E-state index is 14.3. The fourth-order valence-electron chi connectivity index (χ4n) is 4.77. The maximum Gasteiger partial charge on any atom is 0.222 e. The summed E-state index contributed by atoms with van der Waals surface area (Å²) in [5.74, 6) is 2.05. The molecule has 1 atom stereocenters. The lowest BCUT2D eigenvalue weighted by atomic mass is 9.92. The lowest BCUT2D eigenvalue weighted by Crippen LogP contribution is -2.49. The number of anilines is 1. The summed E-state index contributed by atoms with van der Waals surface area (Å²) in [6, 6.07) is 11.0. The van der Waals surface area contributed by atoms with Crippen LogP contribution >= 0.6 is 0 Å². The molecule has 2 saturated heterocycles. The predicted octanol–water partition coefficient (Wildman–Crippen LogP) is 3.57. The number of hydrogen-bond acceptors (Lipinski definition) is 5. The molecule has 7 heteroatoms. The maximum absolute atomic E-state index is 14.3. The summed E-state index contributed by atoms with van der Waals surface area (Å²) in [7, 11) is 1.55. The normalized spacial score (nSPS) is 19.8. The van der Waals surface area contributed by atoms with Gasteiger partial charge in [0.15, 0.2) is 0 Å². The number of ether oxygens (including phenoxy) is 1. The van der Waals surface area contributed by atoms with Crippen molar-refractivity contribution in [2.75, 3.05) is 51.3 Å². The van der Waals surface area contributed by atoms with Gasteiger partial charge in [0.25, 0.3) is 0 Å². The van der Waals surface area contributed by atoms with Crippen molar-refractivity contribution in [3.05, 3.63) is 54.0 Å². The molecule has 0 unspecified atom stereocenters. The van der Waals surface area contributed by atoms with Gasteiger partial charge in [0.2, 0.25) is 5.91 Å². The number of pyridine rings is 1. The molecule has 0 bridgehead atoms. The van der Waals surface area contributed by atoms with Crippen LogP contribution in [0.3, 0.4) is 0 Å². The highest BCUT2D eigenvalue weighted by Gasteiger charge is 2.25. The van der Waals surface area contributed by atoms with Gasteiger partial charge in [-0.2, -0.15) is 0 Å². The number of benzene rings is 1. The SMILES string of the molecule is COc1ccc(CN2CCC[C@@H](CCC(=O)N3CCN(c4ccccn4)CC3)C2)c(F)c1. The zero-order valence-corrected chi connectivity index (χ0v) is 18.9. The van der Waals surface area contributed by atoms with Crippen LogP contribution in [0.1, 0.15) is 31.2 Å². The molecule has 1 aromatic heterocycles. The summed E-state index contributed by atoms with van der Waals surface area (Å²) in [4.78, 5) is 23.7. The Kier molecular flexibility index (Phi) is 7.58. The van der Waals surface area contributed by atoms with Gasteiger partial charge in [0.05, 0.1) is 7.11 Å². The number of carbonyl (C=O) groups is 1. The van der Waals surface area contributed by atoms with Crippen LogP contribution in [0.15, 0.2) is 42.6 Å². The Morgan fingerprint density at radius 2 is 2.00 bits per heavy atom. The number of amides is 1. The number of likely N-dealkylation sites (tertiary alicyclic amines) is 1. The minimum absolute atomic E-state index is 0.216. The van der Waals surface area contributed by atoms with Crippen molar-refractivity contribution in [2.24, 2.45) is 5.92 Å². The van der Waals surface area contributed by atoms with Crippen molar-refractivity contribution >= 4 is 11.7 Å². The average molecular weight is 441 g/mol. The van der Waals surface area contributed by atoms with Gasteiger partial charge in [0.1, 0.15) is 17.4 Å². The number of nitrogens with zero attached hydrogens (tertiary/aromatic N) is 4. The fraction of sp³-hybridized carbons (Fsp3) is 0.520. The molecule has 0 radical (unpaired) electrons. The molecule has 2 aromatic rings. The smallest absolute Gasteiger partial charge is 0.222 e. The third kappa shape index (κ3) is 5.76. The molecule has 0 aliphatic carbocycles.